The van der Waals surface area contributed by atoms with Crippen molar-refractivity contribution in [2.24, 2.45) is 0 Å². The molecule has 148 valence electrons. The second-order valence-electron chi connectivity index (χ2n) is 6.11. The largest absolute Gasteiger partial charge is 0.494 e. The maximum Gasteiger partial charge on any atom is 0.257 e. The van der Waals surface area contributed by atoms with Crippen molar-refractivity contribution in [3.8, 4) is 5.75 Å². The number of benzene rings is 3. The molecule has 0 aliphatic rings. The van der Waals surface area contributed by atoms with E-state index in [0.29, 0.717) is 23.5 Å². The molecule has 3 rings (SSSR count). The number of hydrogen-bond donors (Lipinski definition) is 2. The molecule has 0 radical (unpaired) electrons. The molecule has 0 unspecified atom stereocenters. The number of hydrogen-bond acceptors (Lipinski definition) is 4. The van der Waals surface area contributed by atoms with Crippen molar-refractivity contribution < 1.29 is 14.3 Å². The van der Waals surface area contributed by atoms with Crippen LogP contribution in [0.3, 0.4) is 0 Å². The van der Waals surface area contributed by atoms with Crippen LogP contribution in [0.15, 0.2) is 83.8 Å². The summed E-state index contributed by atoms with van der Waals surface area (Å²) in [5.41, 5.74) is 1.60. The van der Waals surface area contributed by atoms with Crippen LogP contribution >= 0.6 is 11.8 Å². The molecule has 0 aliphatic carbocycles. The zero-order valence-electron chi connectivity index (χ0n) is 16.1. The quantitative estimate of drug-likeness (QED) is 0.513. The highest BCUT2D eigenvalue weighted by molar-refractivity contribution is 8.00. The fourth-order valence-corrected chi connectivity index (χ4v) is 3.34. The second-order valence-corrected chi connectivity index (χ2v) is 7.16. The van der Waals surface area contributed by atoms with Gasteiger partial charge in [0.1, 0.15) is 5.75 Å². The summed E-state index contributed by atoms with van der Waals surface area (Å²) in [6.07, 6.45) is 0. The number of ether oxygens (including phenoxy) is 1. The highest BCUT2D eigenvalue weighted by Gasteiger charge is 2.13. The van der Waals surface area contributed by atoms with Crippen LogP contribution in [0.1, 0.15) is 17.3 Å². The lowest BCUT2D eigenvalue weighted by molar-refractivity contribution is -0.113. The van der Waals surface area contributed by atoms with Gasteiger partial charge in [0, 0.05) is 10.6 Å². The molecule has 3 aromatic carbocycles. The average molecular weight is 407 g/mol. The average Bonchev–Trinajstić information content (AvgIpc) is 2.74. The summed E-state index contributed by atoms with van der Waals surface area (Å²) in [7, 11) is 0. The van der Waals surface area contributed by atoms with Crippen molar-refractivity contribution in [3.05, 3.63) is 84.4 Å². The lowest BCUT2D eigenvalue weighted by atomic mass is 10.1. The molecule has 0 heterocycles. The van der Waals surface area contributed by atoms with Crippen molar-refractivity contribution >= 4 is 35.0 Å². The molecule has 5 nitrogen and oxygen atoms in total. The number of carbonyl (C=O) groups excluding carboxylic acids is 2. The maximum atomic E-state index is 12.6. The number of rotatable bonds is 8. The Labute approximate surface area is 174 Å². The molecule has 2 amide bonds. The van der Waals surface area contributed by atoms with E-state index in [1.54, 1.807) is 24.3 Å². The molecule has 29 heavy (non-hydrogen) atoms. The monoisotopic (exact) mass is 406 g/mol. The number of anilines is 2. The van der Waals surface area contributed by atoms with Crippen LogP contribution < -0.4 is 15.4 Å². The Morgan fingerprint density at radius 2 is 1.55 bits per heavy atom. The first kappa shape index (κ1) is 20.5. The molecular weight excluding hydrogens is 384 g/mol. The van der Waals surface area contributed by atoms with Crippen LogP contribution in [-0.4, -0.2) is 24.2 Å². The minimum Gasteiger partial charge on any atom is -0.494 e. The SMILES string of the molecule is CCOc1ccc(SCC(=O)Nc2ccccc2C(=O)Nc2ccccc2)cc1. The normalized spacial score (nSPS) is 10.2. The summed E-state index contributed by atoms with van der Waals surface area (Å²) in [6.45, 7) is 2.55. The van der Waals surface area contributed by atoms with E-state index in [1.165, 1.54) is 11.8 Å². The number of thioether (sulfide) groups is 1. The lowest BCUT2D eigenvalue weighted by Crippen LogP contribution is -2.19. The smallest absolute Gasteiger partial charge is 0.257 e. The molecule has 0 atom stereocenters. The molecule has 3 aromatic rings. The maximum absolute atomic E-state index is 12.6. The topological polar surface area (TPSA) is 67.4 Å². The van der Waals surface area contributed by atoms with E-state index in [0.717, 1.165) is 10.6 Å². The van der Waals surface area contributed by atoms with Crippen molar-refractivity contribution in [2.45, 2.75) is 11.8 Å². The first-order valence-electron chi connectivity index (χ1n) is 9.26. The second kappa shape index (κ2) is 10.3. The summed E-state index contributed by atoms with van der Waals surface area (Å²) in [4.78, 5) is 26.0. The van der Waals surface area contributed by atoms with Crippen LogP contribution in [-0.2, 0) is 4.79 Å². The molecule has 0 spiro atoms. The molecule has 6 heteroatoms. The molecule has 0 saturated heterocycles. The summed E-state index contributed by atoms with van der Waals surface area (Å²) in [5.74, 6) is 0.595. The van der Waals surface area contributed by atoms with E-state index in [9.17, 15) is 9.59 Å². The van der Waals surface area contributed by atoms with E-state index in [1.807, 2.05) is 61.5 Å². The molecular formula is C23H22N2O3S. The predicted molar refractivity (Wildman–Crippen MR) is 118 cm³/mol. The summed E-state index contributed by atoms with van der Waals surface area (Å²) >= 11 is 1.42. The van der Waals surface area contributed by atoms with Gasteiger partial charge in [0.15, 0.2) is 0 Å². The van der Waals surface area contributed by atoms with Gasteiger partial charge in [0.05, 0.1) is 23.6 Å². The number of para-hydroxylation sites is 2. The van der Waals surface area contributed by atoms with Gasteiger partial charge in [-0.15, -0.1) is 11.8 Å². The van der Waals surface area contributed by atoms with E-state index in [4.69, 9.17) is 4.74 Å². The van der Waals surface area contributed by atoms with E-state index < -0.39 is 0 Å². The van der Waals surface area contributed by atoms with Gasteiger partial charge in [-0.3, -0.25) is 9.59 Å². The fraction of sp³-hybridized carbons (Fsp3) is 0.130. The third-order valence-corrected chi connectivity index (χ3v) is 4.99. The summed E-state index contributed by atoms with van der Waals surface area (Å²) in [5, 5.41) is 5.67. The molecule has 0 fully saturated rings. The highest BCUT2D eigenvalue weighted by Crippen LogP contribution is 2.23. The Morgan fingerprint density at radius 3 is 2.28 bits per heavy atom. The van der Waals surface area contributed by atoms with Crippen LogP contribution in [0, 0.1) is 0 Å². The Balaban J connectivity index is 1.59. The van der Waals surface area contributed by atoms with Crippen LogP contribution in [0.4, 0.5) is 11.4 Å². The minimum absolute atomic E-state index is 0.177. The molecule has 0 bridgehead atoms. The Bertz CT molecular complexity index is 959. The Morgan fingerprint density at radius 1 is 0.862 bits per heavy atom. The molecule has 2 N–H and O–H groups in total. The Kier molecular flexibility index (Phi) is 7.30. The summed E-state index contributed by atoms with van der Waals surface area (Å²) in [6, 6.07) is 23.8. The van der Waals surface area contributed by atoms with Gasteiger partial charge in [0.2, 0.25) is 5.91 Å². The van der Waals surface area contributed by atoms with Gasteiger partial charge in [-0.25, -0.2) is 0 Å². The zero-order chi connectivity index (χ0) is 20.5. The first-order valence-corrected chi connectivity index (χ1v) is 10.2. The van der Waals surface area contributed by atoms with Gasteiger partial charge < -0.3 is 15.4 Å². The number of amides is 2. The summed E-state index contributed by atoms with van der Waals surface area (Å²) < 4.78 is 5.42. The van der Waals surface area contributed by atoms with Gasteiger partial charge in [-0.05, 0) is 55.5 Å². The van der Waals surface area contributed by atoms with Gasteiger partial charge in [0.25, 0.3) is 5.91 Å². The van der Waals surface area contributed by atoms with Crippen LogP contribution in [0.5, 0.6) is 5.75 Å². The van der Waals surface area contributed by atoms with E-state index in [2.05, 4.69) is 10.6 Å². The van der Waals surface area contributed by atoms with E-state index in [-0.39, 0.29) is 17.6 Å². The van der Waals surface area contributed by atoms with Crippen molar-refractivity contribution in [1.29, 1.82) is 0 Å². The lowest BCUT2D eigenvalue weighted by Gasteiger charge is -2.11. The first-order chi connectivity index (χ1) is 14.2. The van der Waals surface area contributed by atoms with Gasteiger partial charge in [-0.1, -0.05) is 30.3 Å². The van der Waals surface area contributed by atoms with Crippen LogP contribution in [0.2, 0.25) is 0 Å². The zero-order valence-corrected chi connectivity index (χ0v) is 16.9. The van der Waals surface area contributed by atoms with Gasteiger partial charge in [-0.2, -0.15) is 0 Å². The predicted octanol–water partition coefficient (Wildman–Crippen LogP) is 5.07. The minimum atomic E-state index is -0.272. The highest BCUT2D eigenvalue weighted by atomic mass is 32.2. The Hall–Kier alpha value is -3.25. The van der Waals surface area contributed by atoms with Crippen molar-refractivity contribution in [1.82, 2.24) is 0 Å². The fourth-order valence-electron chi connectivity index (χ4n) is 2.64. The third-order valence-electron chi connectivity index (χ3n) is 3.98. The van der Waals surface area contributed by atoms with Gasteiger partial charge >= 0.3 is 0 Å². The third kappa shape index (κ3) is 6.12. The molecule has 0 aromatic heterocycles. The van der Waals surface area contributed by atoms with E-state index >= 15 is 0 Å². The standard InChI is InChI=1S/C23H22N2O3S/c1-2-28-18-12-14-19(15-13-18)29-16-22(26)25-21-11-7-6-10-20(21)23(27)24-17-8-4-3-5-9-17/h3-15H,2,16H2,1H3,(H,24,27)(H,25,26). The number of carbonyl (C=O) groups is 2. The molecule has 0 saturated carbocycles. The molecule has 0 aliphatic heterocycles. The van der Waals surface area contributed by atoms with Crippen molar-refractivity contribution in [2.75, 3.05) is 23.0 Å². The number of nitrogens with one attached hydrogen (secondary N) is 2. The van der Waals surface area contributed by atoms with Crippen molar-refractivity contribution in [3.63, 3.8) is 0 Å². The van der Waals surface area contributed by atoms with Crippen LogP contribution in [0.25, 0.3) is 0 Å².